The Morgan fingerprint density at radius 1 is 1.38 bits per heavy atom. The number of hydrogen-bond acceptors (Lipinski definition) is 3. The van der Waals surface area contributed by atoms with Gasteiger partial charge in [-0.2, -0.15) is 0 Å². The maximum Gasteiger partial charge on any atom is 0.0607 e. The van der Waals surface area contributed by atoms with Crippen LogP contribution in [0, 0.1) is 5.92 Å². The average Bonchev–Trinajstić information content (AvgIpc) is 2.19. The lowest BCUT2D eigenvalue weighted by Crippen LogP contribution is -2.64. The third-order valence-corrected chi connectivity index (χ3v) is 4.68. The first kappa shape index (κ1) is 12.3. The zero-order chi connectivity index (χ0) is 11.6. The number of ether oxygens (including phenoxy) is 1. The second-order valence-corrected chi connectivity index (χ2v) is 5.53. The number of rotatable bonds is 6. The molecule has 3 heteroatoms. The number of nitrogens with zero attached hydrogens (tertiary/aromatic N) is 1. The predicted octanol–water partition coefficient (Wildman–Crippen LogP) is 1.61. The van der Waals surface area contributed by atoms with Crippen molar-refractivity contribution in [3.8, 4) is 0 Å². The zero-order valence-electron chi connectivity index (χ0n) is 10.7. The molecule has 0 aliphatic heterocycles. The van der Waals surface area contributed by atoms with Crippen LogP contribution in [0.5, 0.6) is 0 Å². The van der Waals surface area contributed by atoms with Crippen LogP contribution in [0.1, 0.15) is 39.0 Å². The van der Waals surface area contributed by atoms with E-state index in [-0.39, 0.29) is 5.54 Å². The van der Waals surface area contributed by atoms with E-state index in [1.807, 2.05) is 7.11 Å². The molecule has 0 bridgehead atoms. The molecular weight excluding hydrogens is 200 g/mol. The van der Waals surface area contributed by atoms with Crippen molar-refractivity contribution in [3.63, 3.8) is 0 Å². The van der Waals surface area contributed by atoms with Crippen molar-refractivity contribution in [1.29, 1.82) is 0 Å². The lowest BCUT2D eigenvalue weighted by Gasteiger charge is -2.54. The third-order valence-electron chi connectivity index (χ3n) is 4.68. The van der Waals surface area contributed by atoms with Gasteiger partial charge in [0.15, 0.2) is 0 Å². The number of likely N-dealkylation sites (N-methyl/N-ethyl adjacent to an activating group) is 1. The Labute approximate surface area is 99.3 Å². The second kappa shape index (κ2) is 5.03. The lowest BCUT2D eigenvalue weighted by molar-refractivity contribution is -0.0926. The van der Waals surface area contributed by atoms with Crippen molar-refractivity contribution in [2.45, 2.75) is 50.7 Å². The Kier molecular flexibility index (Phi) is 3.88. The highest BCUT2D eigenvalue weighted by molar-refractivity contribution is 5.04. The van der Waals surface area contributed by atoms with Gasteiger partial charge in [0.05, 0.1) is 6.10 Å². The van der Waals surface area contributed by atoms with E-state index in [0.29, 0.717) is 6.10 Å². The highest BCUT2D eigenvalue weighted by atomic mass is 16.5. The van der Waals surface area contributed by atoms with Crippen LogP contribution in [-0.2, 0) is 4.74 Å². The summed E-state index contributed by atoms with van der Waals surface area (Å²) < 4.78 is 5.40. The van der Waals surface area contributed by atoms with Crippen LogP contribution in [-0.4, -0.2) is 43.3 Å². The smallest absolute Gasteiger partial charge is 0.0607 e. The molecule has 0 aromatic carbocycles. The monoisotopic (exact) mass is 226 g/mol. The Balaban J connectivity index is 1.90. The maximum atomic E-state index is 6.00. The molecule has 0 aromatic heterocycles. The van der Waals surface area contributed by atoms with Crippen LogP contribution < -0.4 is 5.73 Å². The van der Waals surface area contributed by atoms with E-state index in [4.69, 9.17) is 10.5 Å². The molecule has 2 N–H and O–H groups in total. The van der Waals surface area contributed by atoms with Crippen LogP contribution >= 0.6 is 0 Å². The Morgan fingerprint density at radius 3 is 2.44 bits per heavy atom. The summed E-state index contributed by atoms with van der Waals surface area (Å²) in [7, 11) is 1.81. The first-order valence-electron chi connectivity index (χ1n) is 6.72. The highest BCUT2D eigenvalue weighted by Crippen LogP contribution is 2.40. The van der Waals surface area contributed by atoms with E-state index in [1.165, 1.54) is 25.8 Å². The van der Waals surface area contributed by atoms with Gasteiger partial charge >= 0.3 is 0 Å². The normalized spacial score (nSPS) is 34.9. The molecule has 0 amide bonds. The molecule has 2 aliphatic carbocycles. The molecule has 3 nitrogen and oxygen atoms in total. The third kappa shape index (κ3) is 2.13. The quantitative estimate of drug-likeness (QED) is 0.748. The summed E-state index contributed by atoms with van der Waals surface area (Å²) in [5, 5.41) is 0. The first-order chi connectivity index (χ1) is 7.74. The van der Waals surface area contributed by atoms with E-state index < -0.39 is 0 Å². The van der Waals surface area contributed by atoms with Gasteiger partial charge in [-0.25, -0.2) is 0 Å². The molecule has 0 aromatic rings. The van der Waals surface area contributed by atoms with Gasteiger partial charge < -0.3 is 10.5 Å². The van der Waals surface area contributed by atoms with E-state index >= 15 is 0 Å². The van der Waals surface area contributed by atoms with Crippen molar-refractivity contribution in [2.24, 2.45) is 11.7 Å². The van der Waals surface area contributed by atoms with Crippen molar-refractivity contribution in [3.05, 3.63) is 0 Å². The molecule has 0 spiro atoms. The first-order valence-corrected chi connectivity index (χ1v) is 6.72. The lowest BCUT2D eigenvalue weighted by atomic mass is 9.71. The minimum Gasteiger partial charge on any atom is -0.381 e. The SMILES string of the molecule is CCN(CC1CCC1)C1(CN)CC(OC)C1. The average molecular weight is 226 g/mol. The van der Waals surface area contributed by atoms with Crippen LogP contribution in [0.3, 0.4) is 0 Å². The Morgan fingerprint density at radius 2 is 2.06 bits per heavy atom. The van der Waals surface area contributed by atoms with Crippen LogP contribution in [0.25, 0.3) is 0 Å². The van der Waals surface area contributed by atoms with Gasteiger partial charge in [0.2, 0.25) is 0 Å². The fourth-order valence-corrected chi connectivity index (χ4v) is 3.15. The molecule has 0 atom stereocenters. The molecule has 0 unspecified atom stereocenters. The minimum absolute atomic E-state index is 0.255. The van der Waals surface area contributed by atoms with Crippen LogP contribution in [0.4, 0.5) is 0 Å². The largest absolute Gasteiger partial charge is 0.381 e. The molecule has 2 saturated carbocycles. The summed E-state index contributed by atoms with van der Waals surface area (Å²) in [6.07, 6.45) is 6.97. The van der Waals surface area contributed by atoms with Gasteiger partial charge in [-0.1, -0.05) is 13.3 Å². The van der Waals surface area contributed by atoms with Crippen molar-refractivity contribution in [1.82, 2.24) is 4.90 Å². The van der Waals surface area contributed by atoms with E-state index in [9.17, 15) is 0 Å². The maximum absolute atomic E-state index is 6.00. The molecule has 16 heavy (non-hydrogen) atoms. The van der Waals surface area contributed by atoms with Gasteiger partial charge in [0.1, 0.15) is 0 Å². The molecule has 0 saturated heterocycles. The summed E-state index contributed by atoms with van der Waals surface area (Å²) >= 11 is 0. The molecule has 2 aliphatic rings. The number of methoxy groups -OCH3 is 1. The van der Waals surface area contributed by atoms with Gasteiger partial charge in [-0.15, -0.1) is 0 Å². The predicted molar refractivity (Wildman–Crippen MR) is 66.4 cm³/mol. The molecule has 0 radical (unpaired) electrons. The fourth-order valence-electron chi connectivity index (χ4n) is 3.15. The molecule has 94 valence electrons. The molecular formula is C13H26N2O. The van der Waals surface area contributed by atoms with Gasteiger partial charge in [-0.05, 0) is 38.1 Å². The number of nitrogens with two attached hydrogens (primary N) is 1. The summed E-state index contributed by atoms with van der Waals surface area (Å²) in [6, 6.07) is 0. The topological polar surface area (TPSA) is 38.5 Å². The van der Waals surface area contributed by atoms with Gasteiger partial charge in [0.25, 0.3) is 0 Å². The summed E-state index contributed by atoms with van der Waals surface area (Å²) in [5.41, 5.74) is 6.26. The van der Waals surface area contributed by atoms with Crippen LogP contribution in [0.15, 0.2) is 0 Å². The standard InChI is InChI=1S/C13H26N2O/c1-3-15(9-11-5-4-6-11)13(10-14)7-12(8-13)16-2/h11-12H,3-10,14H2,1-2H3. The van der Waals surface area contributed by atoms with Gasteiger partial charge in [-0.3, -0.25) is 4.90 Å². The van der Waals surface area contributed by atoms with Crippen molar-refractivity contribution >= 4 is 0 Å². The van der Waals surface area contributed by atoms with E-state index in [0.717, 1.165) is 31.8 Å². The van der Waals surface area contributed by atoms with E-state index in [1.54, 1.807) is 0 Å². The second-order valence-electron chi connectivity index (χ2n) is 5.53. The van der Waals surface area contributed by atoms with Gasteiger partial charge in [0, 0.05) is 25.7 Å². The van der Waals surface area contributed by atoms with Crippen LogP contribution in [0.2, 0.25) is 0 Å². The van der Waals surface area contributed by atoms with Crippen molar-refractivity contribution in [2.75, 3.05) is 26.7 Å². The summed E-state index contributed by atoms with van der Waals surface area (Å²) in [6.45, 7) is 5.43. The zero-order valence-corrected chi connectivity index (χ0v) is 10.7. The molecule has 2 rings (SSSR count). The fraction of sp³-hybridized carbons (Fsp3) is 1.00. The summed E-state index contributed by atoms with van der Waals surface area (Å²) in [5.74, 6) is 0.935. The molecule has 2 fully saturated rings. The Bertz CT molecular complexity index is 222. The highest BCUT2D eigenvalue weighted by Gasteiger charge is 2.47. The van der Waals surface area contributed by atoms with Crippen molar-refractivity contribution < 1.29 is 4.74 Å². The molecule has 0 heterocycles. The van der Waals surface area contributed by atoms with E-state index in [2.05, 4.69) is 11.8 Å². The minimum atomic E-state index is 0.255. The number of hydrogen-bond donors (Lipinski definition) is 1. The Hall–Kier alpha value is -0.120. The summed E-state index contributed by atoms with van der Waals surface area (Å²) in [4.78, 5) is 2.62.